The summed E-state index contributed by atoms with van der Waals surface area (Å²) in [5.41, 5.74) is 5.92. The first-order chi connectivity index (χ1) is 12.8. The smallest absolute Gasteiger partial charge is 0.157 e. The molecule has 0 amide bonds. The number of fused-ring (bicyclic) bond motifs is 5. The quantitative estimate of drug-likeness (QED) is 0.660. The molecular weight excluding hydrogens is 320 g/mol. The van der Waals surface area contributed by atoms with Crippen molar-refractivity contribution < 1.29 is 4.79 Å². The van der Waals surface area contributed by atoms with Gasteiger partial charge in [0.2, 0.25) is 0 Å². The molecule has 0 spiro atoms. The average molecular weight is 357 g/mol. The number of para-hydroxylation sites is 1. The minimum atomic E-state index is 0.219. The van der Waals surface area contributed by atoms with Crippen molar-refractivity contribution in [2.75, 3.05) is 13.1 Å². The number of aromatic amines is 1. The first-order valence-corrected chi connectivity index (χ1v) is 10.3. The minimum Gasteiger partial charge on any atom is -0.369 e. The van der Waals surface area contributed by atoms with Crippen LogP contribution in [0.1, 0.15) is 72.6 Å². The number of allylic oxidation sites excluding steroid dienone is 1. The standard InChI is InChI=1S/C17H18N2O.3C2H6/c1-11(20)12-6-4-9-19-10-8-14-13-5-2-3-7-15(13)18-16(14)17(12)19;3*1-2/h2-3,5,7,18H,4,6,8-10H2,1H3;3*1-2H3. The number of H-pyrrole nitrogens is 1. The number of hydrogen-bond acceptors (Lipinski definition) is 2. The van der Waals surface area contributed by atoms with E-state index in [1.165, 1.54) is 27.9 Å². The van der Waals surface area contributed by atoms with Gasteiger partial charge in [0.1, 0.15) is 0 Å². The van der Waals surface area contributed by atoms with Gasteiger partial charge in [-0.15, -0.1) is 0 Å². The van der Waals surface area contributed by atoms with Crippen LogP contribution in [0, 0.1) is 0 Å². The zero-order valence-electron chi connectivity index (χ0n) is 17.7. The van der Waals surface area contributed by atoms with Crippen molar-refractivity contribution in [3.05, 3.63) is 41.1 Å². The summed E-state index contributed by atoms with van der Waals surface area (Å²) >= 11 is 0. The second-order valence-electron chi connectivity index (χ2n) is 5.75. The zero-order chi connectivity index (χ0) is 19.7. The third-order valence-electron chi connectivity index (χ3n) is 4.56. The number of aromatic nitrogens is 1. The Balaban J connectivity index is 0.000000515. The van der Waals surface area contributed by atoms with Crippen molar-refractivity contribution in [3.63, 3.8) is 0 Å². The van der Waals surface area contributed by atoms with Crippen LogP contribution >= 0.6 is 0 Å². The largest absolute Gasteiger partial charge is 0.369 e. The SMILES string of the molecule is CC.CC.CC.CC(=O)C1=C2c3[nH]c4ccccc4c3CCN2CCC1. The van der Waals surface area contributed by atoms with Gasteiger partial charge in [-0.3, -0.25) is 4.79 Å². The Bertz CT molecular complexity index is 740. The monoisotopic (exact) mass is 356 g/mol. The summed E-state index contributed by atoms with van der Waals surface area (Å²) in [4.78, 5) is 17.9. The Kier molecular flexibility index (Phi) is 9.18. The molecule has 3 nitrogen and oxygen atoms in total. The first kappa shape index (κ1) is 22.0. The molecule has 1 N–H and O–H groups in total. The number of benzene rings is 1. The molecule has 0 fully saturated rings. The van der Waals surface area contributed by atoms with Crippen LogP contribution in [0.2, 0.25) is 0 Å². The fourth-order valence-corrected chi connectivity index (χ4v) is 3.65. The van der Waals surface area contributed by atoms with Gasteiger partial charge in [0.15, 0.2) is 5.78 Å². The van der Waals surface area contributed by atoms with Gasteiger partial charge in [-0.05, 0) is 37.8 Å². The lowest BCUT2D eigenvalue weighted by molar-refractivity contribution is -0.113. The summed E-state index contributed by atoms with van der Waals surface area (Å²) in [5, 5.41) is 1.31. The van der Waals surface area contributed by atoms with Gasteiger partial charge in [0, 0.05) is 29.6 Å². The Labute approximate surface area is 159 Å². The van der Waals surface area contributed by atoms with E-state index in [0.29, 0.717) is 0 Å². The van der Waals surface area contributed by atoms with E-state index in [2.05, 4.69) is 34.1 Å². The van der Waals surface area contributed by atoms with Crippen LogP contribution in [-0.4, -0.2) is 28.8 Å². The topological polar surface area (TPSA) is 36.1 Å². The lowest BCUT2D eigenvalue weighted by atomic mass is 9.91. The van der Waals surface area contributed by atoms with Gasteiger partial charge >= 0.3 is 0 Å². The molecule has 2 aliphatic heterocycles. The molecule has 1 aromatic carbocycles. The third kappa shape index (κ3) is 4.20. The summed E-state index contributed by atoms with van der Waals surface area (Å²) < 4.78 is 0. The number of rotatable bonds is 1. The van der Waals surface area contributed by atoms with Gasteiger partial charge in [-0.2, -0.15) is 0 Å². The molecular formula is C23H36N2O. The molecule has 0 radical (unpaired) electrons. The van der Waals surface area contributed by atoms with Gasteiger partial charge in [0.25, 0.3) is 0 Å². The van der Waals surface area contributed by atoms with E-state index >= 15 is 0 Å². The number of nitrogens with zero attached hydrogens (tertiary/aromatic N) is 1. The molecule has 0 aliphatic carbocycles. The molecule has 0 saturated carbocycles. The van der Waals surface area contributed by atoms with Crippen molar-refractivity contribution in [1.82, 2.24) is 9.88 Å². The van der Waals surface area contributed by atoms with E-state index < -0.39 is 0 Å². The Hall–Kier alpha value is -2.03. The molecule has 3 heterocycles. The van der Waals surface area contributed by atoms with E-state index in [4.69, 9.17) is 0 Å². The molecule has 0 atom stereocenters. The third-order valence-corrected chi connectivity index (χ3v) is 4.56. The van der Waals surface area contributed by atoms with E-state index in [9.17, 15) is 4.79 Å². The van der Waals surface area contributed by atoms with Crippen LogP contribution in [0.15, 0.2) is 29.8 Å². The Morgan fingerprint density at radius 3 is 2.27 bits per heavy atom. The van der Waals surface area contributed by atoms with Crippen molar-refractivity contribution in [1.29, 1.82) is 0 Å². The highest BCUT2D eigenvalue weighted by molar-refractivity contribution is 6.03. The maximum absolute atomic E-state index is 12.0. The number of ketones is 1. The fourth-order valence-electron chi connectivity index (χ4n) is 3.65. The van der Waals surface area contributed by atoms with Crippen molar-refractivity contribution >= 4 is 22.4 Å². The molecule has 0 saturated heterocycles. The second-order valence-corrected chi connectivity index (χ2v) is 5.75. The Morgan fingerprint density at radius 2 is 1.62 bits per heavy atom. The van der Waals surface area contributed by atoms with Crippen LogP contribution in [-0.2, 0) is 11.2 Å². The summed E-state index contributed by atoms with van der Waals surface area (Å²) in [5.74, 6) is 0.219. The average Bonchev–Trinajstić information content (AvgIpc) is 3.11. The lowest BCUT2D eigenvalue weighted by Crippen LogP contribution is -2.34. The summed E-state index contributed by atoms with van der Waals surface area (Å²) in [6.07, 6.45) is 3.07. The highest BCUT2D eigenvalue weighted by atomic mass is 16.1. The highest BCUT2D eigenvalue weighted by Crippen LogP contribution is 2.38. The predicted molar refractivity (Wildman–Crippen MR) is 114 cm³/mol. The highest BCUT2D eigenvalue weighted by Gasteiger charge is 2.30. The van der Waals surface area contributed by atoms with Gasteiger partial charge in [0.05, 0.1) is 11.4 Å². The molecule has 1 aromatic heterocycles. The maximum atomic E-state index is 12.0. The van der Waals surface area contributed by atoms with Gasteiger partial charge in [-0.25, -0.2) is 0 Å². The predicted octanol–water partition coefficient (Wildman–Crippen LogP) is 6.20. The number of carbonyl (C=O) groups is 1. The molecule has 2 aromatic rings. The molecule has 2 aliphatic rings. The molecule has 26 heavy (non-hydrogen) atoms. The minimum absolute atomic E-state index is 0.219. The normalized spacial score (nSPS) is 14.7. The van der Waals surface area contributed by atoms with E-state index in [1.807, 2.05) is 41.5 Å². The van der Waals surface area contributed by atoms with Crippen molar-refractivity contribution in [2.45, 2.75) is 67.7 Å². The maximum Gasteiger partial charge on any atom is 0.157 e. The van der Waals surface area contributed by atoms with Crippen LogP contribution in [0.3, 0.4) is 0 Å². The first-order valence-electron chi connectivity index (χ1n) is 10.3. The van der Waals surface area contributed by atoms with Gasteiger partial charge in [-0.1, -0.05) is 59.7 Å². The molecule has 4 rings (SSSR count). The number of nitrogens with one attached hydrogen (secondary N) is 1. The van der Waals surface area contributed by atoms with Crippen LogP contribution in [0.4, 0.5) is 0 Å². The van der Waals surface area contributed by atoms with E-state index in [-0.39, 0.29) is 5.78 Å². The number of hydrogen-bond donors (Lipinski definition) is 1. The van der Waals surface area contributed by atoms with Crippen LogP contribution in [0.5, 0.6) is 0 Å². The Morgan fingerprint density at radius 1 is 0.962 bits per heavy atom. The fraction of sp³-hybridized carbons (Fsp3) is 0.522. The molecule has 3 heteroatoms. The summed E-state index contributed by atoms with van der Waals surface area (Å²) in [6.45, 7) is 15.8. The van der Waals surface area contributed by atoms with Crippen LogP contribution in [0.25, 0.3) is 16.6 Å². The summed E-state index contributed by atoms with van der Waals surface area (Å²) in [7, 11) is 0. The molecule has 0 unspecified atom stereocenters. The number of Topliss-reactive ketones (excluding diaryl/α,β-unsaturated/α-hetero) is 1. The molecule has 144 valence electrons. The van der Waals surface area contributed by atoms with Crippen molar-refractivity contribution in [3.8, 4) is 0 Å². The van der Waals surface area contributed by atoms with E-state index in [1.54, 1.807) is 6.92 Å². The second kappa shape index (κ2) is 10.8. The summed E-state index contributed by atoms with van der Waals surface area (Å²) in [6, 6.07) is 8.44. The van der Waals surface area contributed by atoms with E-state index in [0.717, 1.165) is 37.9 Å². The number of carbonyl (C=O) groups excluding carboxylic acids is 1. The van der Waals surface area contributed by atoms with Crippen molar-refractivity contribution in [2.24, 2.45) is 0 Å². The van der Waals surface area contributed by atoms with Crippen LogP contribution < -0.4 is 0 Å². The lowest BCUT2D eigenvalue weighted by Gasteiger charge is -2.36. The van der Waals surface area contributed by atoms with Gasteiger partial charge < -0.3 is 9.88 Å². The zero-order valence-corrected chi connectivity index (χ0v) is 17.7. The molecule has 0 bridgehead atoms.